The first-order valence-corrected chi connectivity index (χ1v) is 18.4. The van der Waals surface area contributed by atoms with Crippen molar-refractivity contribution in [1.29, 1.82) is 5.26 Å². The number of nitrogens with zero attached hydrogens (tertiary/aromatic N) is 7. The van der Waals surface area contributed by atoms with Gasteiger partial charge in [-0.25, -0.2) is 0 Å². The smallest absolute Gasteiger partial charge is 0.253 e. The fraction of sp³-hybridized carbons (Fsp3) is 0.550. The van der Waals surface area contributed by atoms with Crippen LogP contribution >= 0.6 is 0 Å². The molecular formula is C40H53N9O2. The van der Waals surface area contributed by atoms with Gasteiger partial charge in [-0.3, -0.25) is 9.59 Å². The number of nitriles is 1. The maximum Gasteiger partial charge on any atom is 0.253 e. The molecular weight excluding hydrogens is 639 g/mol. The lowest BCUT2D eigenvalue weighted by molar-refractivity contribution is -0.130. The standard InChI is InChI=1S/C40H53N9O2/c1-26-9-11-28(12-10-26)20-33(42-25-37(50)49-19-7-8-34(49)24-41)23-40(39-43-45-46-44-39)35-17-15-29(27(2)47(3)4)21-30(35)13-14-31-22-32(16-18-36(31)40)38(51)48(5)6/h9-12,16,18,22,29-30,33-35,42H,2,7-8,13-15,17,19-21,23,25H2,1,3-6H3,(H,43,44,45,46)/t29?,30?,33-,34?,35?,40?/m1/s1. The molecule has 2 N–H and O–H groups in total. The lowest BCUT2D eigenvalue weighted by Gasteiger charge is -2.48. The van der Waals surface area contributed by atoms with Crippen LogP contribution in [0.2, 0.25) is 0 Å². The van der Waals surface area contributed by atoms with E-state index in [9.17, 15) is 14.9 Å². The molecule has 6 atom stereocenters. The van der Waals surface area contributed by atoms with Gasteiger partial charge in [0, 0.05) is 52.0 Å². The summed E-state index contributed by atoms with van der Waals surface area (Å²) in [4.78, 5) is 32.4. The Hall–Kier alpha value is -4.56. The Kier molecular flexibility index (Phi) is 10.9. The Bertz CT molecular complexity index is 1750. The van der Waals surface area contributed by atoms with Gasteiger partial charge in [0.1, 0.15) is 6.04 Å². The number of H-pyrrole nitrogens is 1. The number of hydrogen-bond acceptors (Lipinski definition) is 8. The highest BCUT2D eigenvalue weighted by Crippen LogP contribution is 2.55. The fourth-order valence-electron chi connectivity index (χ4n) is 9.20. The third kappa shape index (κ3) is 7.43. The third-order valence-corrected chi connectivity index (χ3v) is 11.9. The van der Waals surface area contributed by atoms with Crippen LogP contribution in [0.1, 0.15) is 83.4 Å². The molecule has 6 rings (SSSR count). The zero-order valence-corrected chi connectivity index (χ0v) is 30.9. The molecule has 1 saturated heterocycles. The van der Waals surface area contributed by atoms with Gasteiger partial charge in [-0.1, -0.05) is 47.7 Å². The summed E-state index contributed by atoms with van der Waals surface area (Å²) in [6.45, 7) is 7.31. The van der Waals surface area contributed by atoms with Gasteiger partial charge >= 0.3 is 0 Å². The van der Waals surface area contributed by atoms with Gasteiger partial charge in [0.25, 0.3) is 5.91 Å². The zero-order chi connectivity index (χ0) is 36.3. The molecule has 1 aromatic heterocycles. The molecule has 2 heterocycles. The lowest BCUT2D eigenvalue weighted by Crippen LogP contribution is -2.50. The number of likely N-dealkylation sites (tertiary alicyclic amines) is 1. The highest BCUT2D eigenvalue weighted by molar-refractivity contribution is 5.94. The predicted molar refractivity (Wildman–Crippen MR) is 197 cm³/mol. The van der Waals surface area contributed by atoms with Crippen molar-refractivity contribution in [2.75, 3.05) is 41.3 Å². The van der Waals surface area contributed by atoms with Crippen molar-refractivity contribution >= 4 is 11.8 Å². The highest BCUT2D eigenvalue weighted by atomic mass is 16.2. The summed E-state index contributed by atoms with van der Waals surface area (Å²) in [5.41, 5.74) is 5.83. The third-order valence-electron chi connectivity index (χ3n) is 11.9. The number of amides is 2. The van der Waals surface area contributed by atoms with E-state index in [1.165, 1.54) is 11.1 Å². The molecule has 51 heavy (non-hydrogen) atoms. The monoisotopic (exact) mass is 691 g/mol. The summed E-state index contributed by atoms with van der Waals surface area (Å²) in [7, 11) is 7.73. The van der Waals surface area contributed by atoms with Crippen molar-refractivity contribution in [2.45, 2.75) is 82.2 Å². The maximum absolute atomic E-state index is 13.6. The first-order valence-electron chi connectivity index (χ1n) is 18.4. The van der Waals surface area contributed by atoms with Crippen LogP contribution in [0.15, 0.2) is 54.7 Å². The summed E-state index contributed by atoms with van der Waals surface area (Å²) in [5.74, 6) is 1.50. The topological polar surface area (TPSA) is 134 Å². The minimum atomic E-state index is -0.651. The van der Waals surface area contributed by atoms with E-state index in [1.54, 1.807) is 23.9 Å². The fourth-order valence-corrected chi connectivity index (χ4v) is 9.20. The van der Waals surface area contributed by atoms with Gasteiger partial charge in [0.05, 0.1) is 18.0 Å². The molecule has 5 unspecified atom stereocenters. The van der Waals surface area contributed by atoms with Crippen molar-refractivity contribution in [2.24, 2.45) is 17.8 Å². The minimum Gasteiger partial charge on any atom is -0.381 e. The number of carbonyl (C=O) groups is 2. The number of carbonyl (C=O) groups excluding carboxylic acids is 2. The molecule has 270 valence electrons. The van der Waals surface area contributed by atoms with Crippen LogP contribution in [0.3, 0.4) is 0 Å². The van der Waals surface area contributed by atoms with E-state index in [-0.39, 0.29) is 36.4 Å². The molecule has 2 aromatic carbocycles. The average molecular weight is 692 g/mol. The normalized spacial score (nSPS) is 24.8. The number of aromatic amines is 1. The molecule has 3 aliphatic rings. The zero-order valence-electron chi connectivity index (χ0n) is 30.9. The van der Waals surface area contributed by atoms with E-state index in [4.69, 9.17) is 10.2 Å². The molecule has 2 aliphatic carbocycles. The number of benzene rings is 2. The molecule has 0 radical (unpaired) electrons. The predicted octanol–water partition coefficient (Wildman–Crippen LogP) is 4.66. The van der Waals surface area contributed by atoms with E-state index < -0.39 is 5.41 Å². The van der Waals surface area contributed by atoms with Crippen LogP contribution in [0.4, 0.5) is 0 Å². The second kappa shape index (κ2) is 15.4. The Labute approximate surface area is 302 Å². The molecule has 0 bridgehead atoms. The van der Waals surface area contributed by atoms with Gasteiger partial charge in [-0.2, -0.15) is 10.5 Å². The van der Waals surface area contributed by atoms with E-state index >= 15 is 0 Å². The van der Waals surface area contributed by atoms with Crippen LogP contribution < -0.4 is 5.32 Å². The first-order chi connectivity index (χ1) is 24.5. The Balaban J connectivity index is 1.45. The van der Waals surface area contributed by atoms with Gasteiger partial charge in [-0.05, 0) is 111 Å². The largest absolute Gasteiger partial charge is 0.381 e. The molecule has 2 fully saturated rings. The minimum absolute atomic E-state index is 0.0259. The number of allylic oxidation sites excluding steroid dienone is 1. The quantitative estimate of drug-likeness (QED) is 0.297. The number of aryl methyl sites for hydroxylation is 2. The molecule has 3 aromatic rings. The molecule has 11 heteroatoms. The number of aromatic nitrogens is 4. The van der Waals surface area contributed by atoms with Gasteiger partial charge < -0.3 is 20.0 Å². The second-order valence-electron chi connectivity index (χ2n) is 15.4. The highest BCUT2D eigenvalue weighted by Gasteiger charge is 2.53. The number of rotatable bonds is 11. The van der Waals surface area contributed by atoms with Gasteiger partial charge in [0.15, 0.2) is 5.82 Å². The average Bonchev–Trinajstić information content (AvgIpc) is 3.83. The molecule has 11 nitrogen and oxygen atoms in total. The van der Waals surface area contributed by atoms with Crippen LogP contribution in [0.5, 0.6) is 0 Å². The Morgan fingerprint density at radius 3 is 2.57 bits per heavy atom. The number of nitrogens with one attached hydrogen (secondary N) is 2. The van der Waals surface area contributed by atoms with Crippen LogP contribution in [0, 0.1) is 36.0 Å². The van der Waals surface area contributed by atoms with Gasteiger partial charge in [-0.15, -0.1) is 10.2 Å². The molecule has 1 saturated carbocycles. The van der Waals surface area contributed by atoms with Crippen LogP contribution in [0.25, 0.3) is 0 Å². The summed E-state index contributed by atoms with van der Waals surface area (Å²) in [6, 6.07) is 16.6. The number of hydrogen-bond donors (Lipinski definition) is 2. The van der Waals surface area contributed by atoms with E-state index in [0.29, 0.717) is 42.6 Å². The number of tetrazole rings is 1. The van der Waals surface area contributed by atoms with Crippen LogP contribution in [-0.4, -0.2) is 101 Å². The second-order valence-corrected chi connectivity index (χ2v) is 15.4. The molecule has 2 amide bonds. The molecule has 1 aliphatic heterocycles. The van der Waals surface area contributed by atoms with Crippen LogP contribution in [-0.2, 0) is 23.1 Å². The van der Waals surface area contributed by atoms with Crippen molar-refractivity contribution in [3.8, 4) is 6.07 Å². The SMILES string of the molecule is C=C(C1CCC2C(CCc3cc(C(=O)N(C)C)ccc3C2(C[C@@H](Cc2ccc(C)cc2)NCC(=O)N2CCCC2C#N)c2nn[nH]n2)C1)N(C)C. The maximum atomic E-state index is 13.6. The van der Waals surface area contributed by atoms with Gasteiger partial charge in [0.2, 0.25) is 5.91 Å². The van der Waals surface area contributed by atoms with Crippen molar-refractivity contribution < 1.29 is 9.59 Å². The van der Waals surface area contributed by atoms with E-state index in [2.05, 4.69) is 90.7 Å². The van der Waals surface area contributed by atoms with Crippen molar-refractivity contribution in [3.63, 3.8) is 0 Å². The summed E-state index contributed by atoms with van der Waals surface area (Å²) in [5, 5.41) is 29.9. The number of fused-ring (bicyclic) bond motifs is 2. The lowest BCUT2D eigenvalue weighted by atomic mass is 9.56. The van der Waals surface area contributed by atoms with Crippen molar-refractivity contribution in [1.82, 2.24) is 40.6 Å². The Morgan fingerprint density at radius 2 is 1.88 bits per heavy atom. The summed E-state index contributed by atoms with van der Waals surface area (Å²) >= 11 is 0. The summed E-state index contributed by atoms with van der Waals surface area (Å²) in [6.07, 6.45) is 7.68. The van der Waals surface area contributed by atoms with E-state index in [1.807, 2.05) is 6.07 Å². The van der Waals surface area contributed by atoms with Crippen molar-refractivity contribution in [3.05, 3.63) is 88.4 Å². The van der Waals surface area contributed by atoms with E-state index in [0.717, 1.165) is 61.8 Å². The Morgan fingerprint density at radius 1 is 1.10 bits per heavy atom. The summed E-state index contributed by atoms with van der Waals surface area (Å²) < 4.78 is 0. The molecule has 0 spiro atoms. The first kappa shape index (κ1) is 36.2.